The van der Waals surface area contributed by atoms with Gasteiger partial charge < -0.3 is 42.6 Å². The first kappa shape index (κ1) is 39.1. The molecule has 0 saturated carbocycles. The van der Waals surface area contributed by atoms with Crippen LogP contribution in [0.2, 0.25) is 0 Å². The highest BCUT2D eigenvalue weighted by atomic mass is 19.2. The Kier molecular flexibility index (Phi) is 20.6. The number of rotatable bonds is 28. The van der Waals surface area contributed by atoms with Crippen LogP contribution < -0.4 is 4.74 Å². The van der Waals surface area contributed by atoms with Gasteiger partial charge in [0.2, 0.25) is 17.4 Å². The Labute approximate surface area is 263 Å². The molecule has 1 aliphatic heterocycles. The number of imide groups is 1. The number of hydrogen-bond acceptors (Lipinski definition) is 12. The van der Waals surface area contributed by atoms with Gasteiger partial charge in [0, 0.05) is 18.2 Å². The van der Waals surface area contributed by atoms with Crippen molar-refractivity contribution in [1.82, 2.24) is 4.90 Å². The van der Waals surface area contributed by atoms with Gasteiger partial charge in [0.25, 0.3) is 11.8 Å². The van der Waals surface area contributed by atoms with Crippen molar-refractivity contribution in [2.24, 2.45) is 0 Å². The molecule has 0 radical (unpaired) electrons. The third-order valence-corrected chi connectivity index (χ3v) is 5.70. The second-order valence-corrected chi connectivity index (χ2v) is 9.08. The standard InChI is InChI=1S/C29H39F4NO12/c30-22-21-23(31)28(33)29(27(22)32)46-26(37)3-5-38-7-9-40-11-13-42-15-17-44-19-20-45-18-16-43-14-12-41-10-8-39-6-4-34-24(35)1-2-25(34)36/h1-2,21H,3-20H2. The fourth-order valence-corrected chi connectivity index (χ4v) is 3.41. The molecule has 17 heteroatoms. The Bertz CT molecular complexity index is 1050. The molecule has 0 aromatic heterocycles. The molecule has 0 atom stereocenters. The van der Waals surface area contributed by atoms with Gasteiger partial charge >= 0.3 is 5.97 Å². The molecule has 0 unspecified atom stereocenters. The van der Waals surface area contributed by atoms with Crippen LogP contribution in [-0.2, 0) is 52.3 Å². The van der Waals surface area contributed by atoms with Gasteiger partial charge in [-0.2, -0.15) is 8.78 Å². The smallest absolute Gasteiger partial charge is 0.313 e. The monoisotopic (exact) mass is 669 g/mol. The summed E-state index contributed by atoms with van der Waals surface area (Å²) >= 11 is 0. The Morgan fingerprint density at radius 1 is 0.522 bits per heavy atom. The van der Waals surface area contributed by atoms with Crippen LogP contribution in [0.15, 0.2) is 18.2 Å². The lowest BCUT2D eigenvalue weighted by Crippen LogP contribution is -2.33. The Hall–Kier alpha value is -3.03. The van der Waals surface area contributed by atoms with Crippen LogP contribution in [0.3, 0.4) is 0 Å². The zero-order valence-corrected chi connectivity index (χ0v) is 25.3. The Morgan fingerprint density at radius 2 is 0.848 bits per heavy atom. The van der Waals surface area contributed by atoms with E-state index in [9.17, 15) is 31.9 Å². The number of carbonyl (C=O) groups excluding carboxylic acids is 3. The molecule has 260 valence electrons. The summed E-state index contributed by atoms with van der Waals surface area (Å²) < 4.78 is 100. The van der Waals surface area contributed by atoms with Crippen molar-refractivity contribution >= 4 is 17.8 Å². The number of carbonyl (C=O) groups is 3. The van der Waals surface area contributed by atoms with E-state index in [2.05, 4.69) is 4.74 Å². The lowest BCUT2D eigenvalue weighted by atomic mass is 10.3. The second-order valence-electron chi connectivity index (χ2n) is 9.08. The van der Waals surface area contributed by atoms with Gasteiger partial charge in [-0.05, 0) is 0 Å². The lowest BCUT2D eigenvalue weighted by molar-refractivity contribution is -0.138. The number of halogens is 4. The molecule has 13 nitrogen and oxygen atoms in total. The number of esters is 1. The molecule has 2 rings (SSSR count). The van der Waals surface area contributed by atoms with Gasteiger partial charge in [-0.25, -0.2) is 8.78 Å². The summed E-state index contributed by atoms with van der Waals surface area (Å²) in [6.45, 7) is 5.12. The highest BCUT2D eigenvalue weighted by Crippen LogP contribution is 2.26. The number of hydrogen-bond donors (Lipinski definition) is 0. The van der Waals surface area contributed by atoms with Gasteiger partial charge in [0.1, 0.15) is 0 Å². The average molecular weight is 670 g/mol. The summed E-state index contributed by atoms with van der Waals surface area (Å²) in [6, 6.07) is 0.0126. The SMILES string of the molecule is O=C(CCOCCOCCOCCOCCOCCOCCOCCOCCN1C(=O)C=CC1=O)Oc1c(F)c(F)cc(F)c1F. The van der Waals surface area contributed by atoms with E-state index in [0.29, 0.717) is 79.3 Å². The molecule has 0 bridgehead atoms. The minimum absolute atomic E-state index is 0.0126. The van der Waals surface area contributed by atoms with Crippen molar-refractivity contribution in [2.75, 3.05) is 112 Å². The molecule has 0 fully saturated rings. The first-order valence-electron chi connectivity index (χ1n) is 14.5. The molecular weight excluding hydrogens is 630 g/mol. The first-order chi connectivity index (χ1) is 22.3. The molecule has 46 heavy (non-hydrogen) atoms. The van der Waals surface area contributed by atoms with E-state index in [-0.39, 0.29) is 50.9 Å². The maximum Gasteiger partial charge on any atom is 0.313 e. The van der Waals surface area contributed by atoms with Gasteiger partial charge in [-0.3, -0.25) is 19.3 Å². The number of benzene rings is 1. The van der Waals surface area contributed by atoms with Crippen LogP contribution in [0.5, 0.6) is 5.75 Å². The summed E-state index contributed by atoms with van der Waals surface area (Å²) in [5.41, 5.74) is 0. The van der Waals surface area contributed by atoms with E-state index in [1.54, 1.807) is 0 Å². The predicted molar refractivity (Wildman–Crippen MR) is 149 cm³/mol. The van der Waals surface area contributed by atoms with E-state index in [4.69, 9.17) is 37.9 Å². The highest BCUT2D eigenvalue weighted by Gasteiger charge is 2.23. The summed E-state index contributed by atoms with van der Waals surface area (Å²) in [7, 11) is 0. The van der Waals surface area contributed by atoms with E-state index in [1.165, 1.54) is 12.2 Å². The third-order valence-electron chi connectivity index (χ3n) is 5.70. The second kappa shape index (κ2) is 24.2. The zero-order chi connectivity index (χ0) is 33.4. The van der Waals surface area contributed by atoms with Crippen LogP contribution in [0.1, 0.15) is 6.42 Å². The van der Waals surface area contributed by atoms with Crippen molar-refractivity contribution in [1.29, 1.82) is 0 Å². The zero-order valence-electron chi connectivity index (χ0n) is 25.3. The summed E-state index contributed by atoms with van der Waals surface area (Å²) in [5, 5.41) is 0. The van der Waals surface area contributed by atoms with Crippen LogP contribution in [-0.4, -0.2) is 135 Å². The summed E-state index contributed by atoms with van der Waals surface area (Å²) in [6.07, 6.45) is 2.07. The maximum atomic E-state index is 13.5. The fraction of sp³-hybridized carbons (Fsp3) is 0.621. The largest absolute Gasteiger partial charge is 0.420 e. The highest BCUT2D eigenvalue weighted by molar-refractivity contribution is 6.12. The van der Waals surface area contributed by atoms with Gasteiger partial charge in [-0.1, -0.05) is 0 Å². The van der Waals surface area contributed by atoms with E-state index in [1.807, 2.05) is 0 Å². The quantitative estimate of drug-likeness (QED) is 0.0320. The molecule has 1 aromatic carbocycles. The number of nitrogens with zero attached hydrogens (tertiary/aromatic N) is 1. The van der Waals surface area contributed by atoms with Crippen LogP contribution >= 0.6 is 0 Å². The predicted octanol–water partition coefficient (Wildman–Crippen LogP) is 1.60. The molecular formula is C29H39F4NO12. The number of ether oxygens (including phenoxy) is 9. The first-order valence-corrected chi connectivity index (χ1v) is 14.5. The average Bonchev–Trinajstić information content (AvgIpc) is 3.36. The normalized spacial score (nSPS) is 12.9. The Balaban J connectivity index is 1.24. The molecule has 0 N–H and O–H groups in total. The summed E-state index contributed by atoms with van der Waals surface area (Å²) in [5.74, 6) is -10.2. The number of amides is 2. The Morgan fingerprint density at radius 3 is 1.22 bits per heavy atom. The third kappa shape index (κ3) is 16.5. The van der Waals surface area contributed by atoms with Gasteiger partial charge in [-0.15, -0.1) is 0 Å². The molecule has 0 saturated heterocycles. The van der Waals surface area contributed by atoms with E-state index < -0.39 is 41.4 Å². The summed E-state index contributed by atoms with van der Waals surface area (Å²) in [4.78, 5) is 35.5. The van der Waals surface area contributed by atoms with E-state index in [0.717, 1.165) is 4.90 Å². The topological polar surface area (TPSA) is 138 Å². The molecule has 0 spiro atoms. The van der Waals surface area contributed by atoms with Crippen molar-refractivity contribution in [3.05, 3.63) is 41.5 Å². The van der Waals surface area contributed by atoms with Crippen LogP contribution in [0.25, 0.3) is 0 Å². The molecule has 1 heterocycles. The van der Waals surface area contributed by atoms with Crippen molar-refractivity contribution in [3.63, 3.8) is 0 Å². The molecule has 2 amide bonds. The van der Waals surface area contributed by atoms with E-state index >= 15 is 0 Å². The maximum absolute atomic E-state index is 13.5. The molecule has 0 aliphatic carbocycles. The molecule has 1 aromatic rings. The van der Waals surface area contributed by atoms with Crippen LogP contribution in [0, 0.1) is 23.3 Å². The van der Waals surface area contributed by atoms with Crippen LogP contribution in [0.4, 0.5) is 17.6 Å². The minimum atomic E-state index is -1.80. The van der Waals surface area contributed by atoms with Gasteiger partial charge in [0.15, 0.2) is 11.6 Å². The van der Waals surface area contributed by atoms with Gasteiger partial charge in [0.05, 0.1) is 119 Å². The fourth-order valence-electron chi connectivity index (χ4n) is 3.41. The molecule has 1 aliphatic rings. The lowest BCUT2D eigenvalue weighted by Gasteiger charge is -2.13. The minimum Gasteiger partial charge on any atom is -0.420 e. The van der Waals surface area contributed by atoms with Crippen molar-refractivity contribution in [2.45, 2.75) is 6.42 Å². The van der Waals surface area contributed by atoms with Crippen molar-refractivity contribution in [3.8, 4) is 5.75 Å². The van der Waals surface area contributed by atoms with Crippen molar-refractivity contribution < 1.29 is 74.6 Å².